The number of amides is 1. The van der Waals surface area contributed by atoms with Gasteiger partial charge in [-0.2, -0.15) is 13.2 Å². The fourth-order valence-corrected chi connectivity index (χ4v) is 3.70. The molecule has 0 aliphatic heterocycles. The van der Waals surface area contributed by atoms with Crippen molar-refractivity contribution in [2.75, 3.05) is 31.5 Å². The summed E-state index contributed by atoms with van der Waals surface area (Å²) in [4.78, 5) is 18.9. The Morgan fingerprint density at radius 2 is 1.89 bits per heavy atom. The summed E-state index contributed by atoms with van der Waals surface area (Å²) in [5, 5.41) is 3.84. The minimum Gasteiger partial charge on any atom is -0.494 e. The van der Waals surface area contributed by atoms with Gasteiger partial charge in [0.15, 0.2) is 0 Å². The van der Waals surface area contributed by atoms with Crippen molar-refractivity contribution < 1.29 is 22.7 Å². The minimum absolute atomic E-state index is 0.0911. The number of nitrogens with zero attached hydrogens (tertiary/aromatic N) is 3. The number of benzene rings is 2. The van der Waals surface area contributed by atoms with Crippen molar-refractivity contribution in [3.63, 3.8) is 0 Å². The molecule has 0 saturated heterocycles. The third kappa shape index (κ3) is 6.78. The van der Waals surface area contributed by atoms with Crippen LogP contribution in [0.25, 0.3) is 5.70 Å². The standard InChI is InChI=1S/C26H29F3N6O2/c1-16-7-8-17(11-23(16)35(31)15-21(30)18-6-5-9-32-13-18)25(36)33-22-12-20(26(27,28)29)10-19(14-34(2)3)24(22)37-4/h5-13,15H,14,30-31H2,1-4H3,(H,33,36)/b21-15-. The summed E-state index contributed by atoms with van der Waals surface area (Å²) in [5.41, 5.74) is 7.84. The van der Waals surface area contributed by atoms with Crippen LogP contribution in [0.2, 0.25) is 0 Å². The van der Waals surface area contributed by atoms with Crippen LogP contribution >= 0.6 is 0 Å². The van der Waals surface area contributed by atoms with Crippen LogP contribution in [-0.2, 0) is 12.7 Å². The van der Waals surface area contributed by atoms with Crippen LogP contribution in [0.1, 0.15) is 32.6 Å². The molecule has 1 amide bonds. The van der Waals surface area contributed by atoms with Crippen LogP contribution in [0.5, 0.6) is 5.75 Å². The lowest BCUT2D eigenvalue weighted by Gasteiger charge is -2.21. The van der Waals surface area contributed by atoms with E-state index in [1.165, 1.54) is 24.4 Å². The molecular weight excluding hydrogens is 485 g/mol. The second-order valence-electron chi connectivity index (χ2n) is 8.64. The van der Waals surface area contributed by atoms with E-state index in [-0.39, 0.29) is 29.1 Å². The molecule has 2 aromatic carbocycles. The molecule has 5 N–H and O–H groups in total. The quantitative estimate of drug-likeness (QED) is 0.303. The van der Waals surface area contributed by atoms with E-state index < -0.39 is 17.6 Å². The lowest BCUT2D eigenvalue weighted by molar-refractivity contribution is -0.137. The third-order valence-electron chi connectivity index (χ3n) is 5.45. The smallest absolute Gasteiger partial charge is 0.416 e. The molecule has 0 aliphatic rings. The topological polar surface area (TPSA) is 110 Å². The Hall–Kier alpha value is -4.09. The summed E-state index contributed by atoms with van der Waals surface area (Å²) in [5.74, 6) is 5.73. The van der Waals surface area contributed by atoms with E-state index in [0.717, 1.165) is 17.7 Å². The van der Waals surface area contributed by atoms with Crippen LogP contribution in [-0.4, -0.2) is 37.0 Å². The highest BCUT2D eigenvalue weighted by atomic mass is 19.4. The van der Waals surface area contributed by atoms with Gasteiger partial charge in [-0.1, -0.05) is 6.07 Å². The maximum Gasteiger partial charge on any atom is 0.416 e. The number of methoxy groups -OCH3 is 1. The largest absolute Gasteiger partial charge is 0.494 e. The number of hydrazine groups is 1. The maximum absolute atomic E-state index is 13.6. The number of hydrogen-bond donors (Lipinski definition) is 3. The maximum atomic E-state index is 13.6. The number of aryl methyl sites for hydroxylation is 1. The Kier molecular flexibility index (Phi) is 8.41. The zero-order valence-corrected chi connectivity index (χ0v) is 20.9. The summed E-state index contributed by atoms with van der Waals surface area (Å²) in [6, 6.07) is 10.1. The number of alkyl halides is 3. The Bertz CT molecular complexity index is 1290. The van der Waals surface area contributed by atoms with Gasteiger partial charge in [0.2, 0.25) is 0 Å². The summed E-state index contributed by atoms with van der Waals surface area (Å²) >= 11 is 0. The molecule has 1 heterocycles. The molecule has 196 valence electrons. The lowest BCUT2D eigenvalue weighted by atomic mass is 10.1. The Labute approximate surface area is 213 Å². The molecule has 0 fully saturated rings. The van der Waals surface area contributed by atoms with Gasteiger partial charge in [0.1, 0.15) is 5.75 Å². The molecule has 0 saturated carbocycles. The van der Waals surface area contributed by atoms with Gasteiger partial charge in [-0.15, -0.1) is 0 Å². The second kappa shape index (κ2) is 11.3. The van der Waals surface area contributed by atoms with Gasteiger partial charge in [0.05, 0.1) is 29.7 Å². The van der Waals surface area contributed by atoms with Gasteiger partial charge >= 0.3 is 6.18 Å². The summed E-state index contributed by atoms with van der Waals surface area (Å²) in [7, 11) is 4.78. The number of pyridine rings is 1. The van der Waals surface area contributed by atoms with Crippen LogP contribution < -0.4 is 26.6 Å². The Morgan fingerprint density at radius 1 is 1.16 bits per heavy atom. The number of aromatic nitrogens is 1. The molecule has 0 spiro atoms. The molecule has 0 aliphatic carbocycles. The van der Waals surface area contributed by atoms with Crippen molar-refractivity contribution in [1.82, 2.24) is 9.88 Å². The summed E-state index contributed by atoms with van der Waals surface area (Å²) in [6.45, 7) is 1.98. The molecule has 3 aromatic rings. The molecule has 0 bridgehead atoms. The first-order chi connectivity index (χ1) is 17.4. The number of carbonyl (C=O) groups excluding carboxylic acids is 1. The molecule has 1 aromatic heterocycles. The number of ether oxygens (including phenoxy) is 1. The van der Waals surface area contributed by atoms with Gasteiger partial charge in [0, 0.05) is 41.8 Å². The van der Waals surface area contributed by atoms with Crippen LogP contribution in [0, 0.1) is 6.92 Å². The molecule has 0 atom stereocenters. The average Bonchev–Trinajstić information content (AvgIpc) is 2.83. The van der Waals surface area contributed by atoms with Gasteiger partial charge in [0.25, 0.3) is 5.91 Å². The Balaban J connectivity index is 1.96. The first kappa shape index (κ1) is 27.5. The van der Waals surface area contributed by atoms with Gasteiger partial charge in [-0.3, -0.25) is 14.8 Å². The van der Waals surface area contributed by atoms with Crippen molar-refractivity contribution in [1.29, 1.82) is 0 Å². The molecule has 0 unspecified atom stereocenters. The van der Waals surface area contributed by atoms with Crippen molar-refractivity contribution in [3.05, 3.63) is 88.9 Å². The number of halogens is 3. The van der Waals surface area contributed by atoms with E-state index in [1.54, 1.807) is 62.6 Å². The van der Waals surface area contributed by atoms with Crippen molar-refractivity contribution in [2.45, 2.75) is 19.6 Å². The van der Waals surface area contributed by atoms with Gasteiger partial charge in [-0.05, 0) is 63.0 Å². The number of nitrogens with one attached hydrogen (secondary N) is 1. The SMILES string of the molecule is COc1c(CN(C)C)cc(C(F)(F)F)cc1NC(=O)c1ccc(C)c(N(N)/C=C(\N)c2cccnc2)c1. The minimum atomic E-state index is -4.61. The fourth-order valence-electron chi connectivity index (χ4n) is 3.70. The van der Waals surface area contributed by atoms with Gasteiger partial charge in [-0.25, -0.2) is 5.84 Å². The number of anilines is 2. The number of rotatable bonds is 8. The highest BCUT2D eigenvalue weighted by Gasteiger charge is 2.33. The first-order valence-corrected chi connectivity index (χ1v) is 11.2. The van der Waals surface area contributed by atoms with E-state index in [0.29, 0.717) is 16.9 Å². The third-order valence-corrected chi connectivity index (χ3v) is 5.45. The highest BCUT2D eigenvalue weighted by Crippen LogP contribution is 2.38. The van der Waals surface area contributed by atoms with Crippen LogP contribution in [0.3, 0.4) is 0 Å². The monoisotopic (exact) mass is 514 g/mol. The van der Waals surface area contributed by atoms with Crippen molar-refractivity contribution in [2.24, 2.45) is 11.6 Å². The van der Waals surface area contributed by atoms with E-state index in [1.807, 2.05) is 0 Å². The van der Waals surface area contributed by atoms with Crippen LogP contribution in [0.15, 0.2) is 61.1 Å². The normalized spacial score (nSPS) is 12.0. The van der Waals surface area contributed by atoms with E-state index in [9.17, 15) is 18.0 Å². The van der Waals surface area contributed by atoms with Crippen molar-refractivity contribution in [3.8, 4) is 5.75 Å². The number of nitrogens with two attached hydrogens (primary N) is 2. The van der Waals surface area contributed by atoms with Crippen molar-refractivity contribution >= 4 is 23.0 Å². The lowest BCUT2D eigenvalue weighted by Crippen LogP contribution is -2.27. The molecule has 0 radical (unpaired) electrons. The fraction of sp³-hybridized carbons (Fsp3) is 0.231. The summed E-state index contributed by atoms with van der Waals surface area (Å²) in [6.07, 6.45) is 0.0876. The highest BCUT2D eigenvalue weighted by molar-refractivity contribution is 6.06. The molecule has 11 heteroatoms. The second-order valence-corrected chi connectivity index (χ2v) is 8.64. The summed E-state index contributed by atoms with van der Waals surface area (Å²) < 4.78 is 46.1. The van der Waals surface area contributed by atoms with E-state index in [2.05, 4.69) is 10.3 Å². The zero-order valence-electron chi connectivity index (χ0n) is 20.9. The number of carbonyl (C=O) groups is 1. The predicted molar refractivity (Wildman–Crippen MR) is 138 cm³/mol. The van der Waals surface area contributed by atoms with Gasteiger partial charge < -0.3 is 20.7 Å². The molecule has 8 nitrogen and oxygen atoms in total. The van der Waals surface area contributed by atoms with E-state index in [4.69, 9.17) is 16.3 Å². The predicted octanol–water partition coefficient (Wildman–Crippen LogP) is 4.37. The zero-order chi connectivity index (χ0) is 27.3. The van der Waals surface area contributed by atoms with Crippen LogP contribution in [0.4, 0.5) is 24.5 Å². The Morgan fingerprint density at radius 3 is 2.49 bits per heavy atom. The van der Waals surface area contributed by atoms with E-state index >= 15 is 0 Å². The molecular formula is C26H29F3N6O2. The molecule has 3 rings (SSSR count). The molecule has 37 heavy (non-hydrogen) atoms. The first-order valence-electron chi connectivity index (χ1n) is 11.2. The number of hydrogen-bond acceptors (Lipinski definition) is 7. The average molecular weight is 515 g/mol.